The summed E-state index contributed by atoms with van der Waals surface area (Å²) in [6, 6.07) is 1.81. The van der Waals surface area contributed by atoms with Crippen molar-refractivity contribution >= 4 is 11.6 Å². The third-order valence-corrected chi connectivity index (χ3v) is 3.96. The summed E-state index contributed by atoms with van der Waals surface area (Å²) in [4.78, 5) is 14.6. The number of nitrogens with two attached hydrogens (primary N) is 1. The summed E-state index contributed by atoms with van der Waals surface area (Å²) < 4.78 is 6.88. The van der Waals surface area contributed by atoms with Gasteiger partial charge < -0.3 is 15.2 Å². The number of likely N-dealkylation sites (tertiary alicyclic amines) is 1. The van der Waals surface area contributed by atoms with Gasteiger partial charge in [0.15, 0.2) is 5.76 Å². The van der Waals surface area contributed by atoms with Crippen LogP contribution >= 0.6 is 0 Å². The molecule has 0 radical (unpaired) electrons. The van der Waals surface area contributed by atoms with E-state index in [0.717, 1.165) is 24.3 Å². The topological polar surface area (TPSA) is 90.2 Å². The smallest absolute Gasteiger partial charge is 0.274 e. The highest BCUT2D eigenvalue weighted by Gasteiger charge is 2.35. The van der Waals surface area contributed by atoms with Crippen LogP contribution in [0.2, 0.25) is 0 Å². The Labute approximate surface area is 122 Å². The molecule has 1 saturated heterocycles. The van der Waals surface area contributed by atoms with E-state index in [1.165, 1.54) is 0 Å². The number of carbonyl (C=O) groups excluding carboxylic acids is 1. The number of anilines is 1. The molecule has 2 N–H and O–H groups in total. The molecule has 1 fully saturated rings. The highest BCUT2D eigenvalue weighted by Crippen LogP contribution is 2.34. The molecule has 1 aliphatic heterocycles. The molecule has 1 amide bonds. The van der Waals surface area contributed by atoms with Crippen LogP contribution in [0.1, 0.15) is 46.5 Å². The molecule has 7 nitrogen and oxygen atoms in total. The van der Waals surface area contributed by atoms with Crippen LogP contribution in [0.25, 0.3) is 0 Å². The monoisotopic (exact) mass is 289 g/mol. The SMILES string of the molecule is Cc1cc(C2CCCN2C(=O)c2c(N)c(C)nn2C)on1. The van der Waals surface area contributed by atoms with Crippen molar-refractivity contribution in [3.63, 3.8) is 0 Å². The zero-order chi connectivity index (χ0) is 15.1. The van der Waals surface area contributed by atoms with Crippen molar-refractivity contribution in [2.75, 3.05) is 12.3 Å². The van der Waals surface area contributed by atoms with E-state index in [9.17, 15) is 4.79 Å². The van der Waals surface area contributed by atoms with Crippen LogP contribution in [-0.4, -0.2) is 32.3 Å². The maximum atomic E-state index is 12.8. The number of aryl methyl sites for hydroxylation is 3. The Morgan fingerprint density at radius 3 is 2.81 bits per heavy atom. The number of aromatic nitrogens is 3. The van der Waals surface area contributed by atoms with E-state index < -0.39 is 0 Å². The van der Waals surface area contributed by atoms with Gasteiger partial charge in [-0.2, -0.15) is 5.10 Å². The molecule has 21 heavy (non-hydrogen) atoms. The second kappa shape index (κ2) is 4.91. The first kappa shape index (κ1) is 13.7. The zero-order valence-corrected chi connectivity index (χ0v) is 12.5. The molecule has 1 aliphatic rings. The lowest BCUT2D eigenvalue weighted by Crippen LogP contribution is -2.32. The molecular formula is C14H19N5O2. The number of rotatable bonds is 2. The second-order valence-corrected chi connectivity index (χ2v) is 5.50. The molecule has 7 heteroatoms. The van der Waals surface area contributed by atoms with E-state index >= 15 is 0 Å². The summed E-state index contributed by atoms with van der Waals surface area (Å²) in [5.41, 5.74) is 8.37. The predicted octanol–water partition coefficient (Wildman–Crippen LogP) is 1.58. The Morgan fingerprint density at radius 1 is 1.48 bits per heavy atom. The number of hydrogen-bond acceptors (Lipinski definition) is 5. The fourth-order valence-electron chi connectivity index (χ4n) is 2.91. The lowest BCUT2D eigenvalue weighted by Gasteiger charge is -2.22. The van der Waals surface area contributed by atoms with Gasteiger partial charge in [-0.05, 0) is 26.7 Å². The quantitative estimate of drug-likeness (QED) is 0.906. The molecule has 0 spiro atoms. The van der Waals surface area contributed by atoms with Gasteiger partial charge in [0.05, 0.1) is 23.1 Å². The average Bonchev–Trinajstić information content (AvgIpc) is 3.10. The molecule has 3 rings (SSSR count). The Hall–Kier alpha value is -2.31. The van der Waals surface area contributed by atoms with Crippen molar-refractivity contribution in [1.82, 2.24) is 19.8 Å². The highest BCUT2D eigenvalue weighted by molar-refractivity contribution is 5.98. The third-order valence-electron chi connectivity index (χ3n) is 3.96. The fourth-order valence-corrected chi connectivity index (χ4v) is 2.91. The third kappa shape index (κ3) is 2.18. The lowest BCUT2D eigenvalue weighted by molar-refractivity contribution is 0.0704. The number of nitrogens with zero attached hydrogens (tertiary/aromatic N) is 4. The fraction of sp³-hybridized carbons (Fsp3) is 0.500. The van der Waals surface area contributed by atoms with Crippen molar-refractivity contribution in [3.05, 3.63) is 28.9 Å². The summed E-state index contributed by atoms with van der Waals surface area (Å²) >= 11 is 0. The van der Waals surface area contributed by atoms with Gasteiger partial charge >= 0.3 is 0 Å². The molecule has 0 aliphatic carbocycles. The molecule has 0 saturated carbocycles. The van der Waals surface area contributed by atoms with Gasteiger partial charge in [0.1, 0.15) is 5.69 Å². The first-order valence-electron chi connectivity index (χ1n) is 7.02. The van der Waals surface area contributed by atoms with Crippen LogP contribution in [0.15, 0.2) is 10.6 Å². The van der Waals surface area contributed by atoms with E-state index in [1.54, 1.807) is 23.6 Å². The number of carbonyl (C=O) groups is 1. The molecule has 2 aromatic rings. The van der Waals surface area contributed by atoms with Gasteiger partial charge in [0, 0.05) is 19.7 Å². The van der Waals surface area contributed by atoms with Crippen LogP contribution in [0, 0.1) is 13.8 Å². The van der Waals surface area contributed by atoms with Crippen molar-refractivity contribution in [3.8, 4) is 0 Å². The minimum atomic E-state index is -0.104. The molecule has 0 bridgehead atoms. The Morgan fingerprint density at radius 2 is 2.24 bits per heavy atom. The average molecular weight is 289 g/mol. The summed E-state index contributed by atoms with van der Waals surface area (Å²) in [5.74, 6) is 0.628. The van der Waals surface area contributed by atoms with Gasteiger partial charge in [-0.25, -0.2) is 0 Å². The van der Waals surface area contributed by atoms with E-state index in [1.807, 2.05) is 13.0 Å². The van der Waals surface area contributed by atoms with Crippen molar-refractivity contribution in [2.45, 2.75) is 32.7 Å². The number of hydrogen-bond donors (Lipinski definition) is 1. The standard InChI is InChI=1S/C14H19N5O2/c1-8-7-11(21-17-8)10-5-4-6-19(10)14(20)13-12(15)9(2)16-18(13)3/h7,10H,4-6,15H2,1-3H3. The molecule has 1 unspecified atom stereocenters. The van der Waals surface area contributed by atoms with Crippen molar-refractivity contribution in [1.29, 1.82) is 0 Å². The van der Waals surface area contributed by atoms with Crippen LogP contribution in [-0.2, 0) is 7.05 Å². The van der Waals surface area contributed by atoms with E-state index in [2.05, 4.69) is 10.3 Å². The summed E-state index contributed by atoms with van der Waals surface area (Å²) in [7, 11) is 1.74. The van der Waals surface area contributed by atoms with E-state index in [-0.39, 0.29) is 11.9 Å². The van der Waals surface area contributed by atoms with Gasteiger partial charge in [0.2, 0.25) is 0 Å². The van der Waals surface area contributed by atoms with Crippen LogP contribution in [0.5, 0.6) is 0 Å². The van der Waals surface area contributed by atoms with Crippen LogP contribution in [0.3, 0.4) is 0 Å². The highest BCUT2D eigenvalue weighted by atomic mass is 16.5. The number of amides is 1. The number of nitrogen functional groups attached to an aromatic ring is 1. The molecule has 0 aromatic carbocycles. The van der Waals surface area contributed by atoms with Crippen molar-refractivity contribution < 1.29 is 9.32 Å². The van der Waals surface area contributed by atoms with Crippen LogP contribution in [0.4, 0.5) is 5.69 Å². The minimum Gasteiger partial charge on any atom is -0.395 e. The summed E-state index contributed by atoms with van der Waals surface area (Å²) in [6.07, 6.45) is 1.81. The van der Waals surface area contributed by atoms with E-state index in [0.29, 0.717) is 23.6 Å². The van der Waals surface area contributed by atoms with Gasteiger partial charge in [-0.3, -0.25) is 9.48 Å². The molecule has 1 atom stereocenters. The molecular weight excluding hydrogens is 270 g/mol. The predicted molar refractivity (Wildman–Crippen MR) is 76.6 cm³/mol. The minimum absolute atomic E-state index is 0.0756. The summed E-state index contributed by atoms with van der Waals surface area (Å²) in [5, 5.41) is 8.13. The molecule has 3 heterocycles. The Balaban J connectivity index is 1.93. The largest absolute Gasteiger partial charge is 0.395 e. The molecule has 2 aromatic heterocycles. The van der Waals surface area contributed by atoms with Gasteiger partial charge in [-0.15, -0.1) is 0 Å². The normalized spacial score (nSPS) is 18.4. The van der Waals surface area contributed by atoms with Crippen molar-refractivity contribution in [2.24, 2.45) is 7.05 Å². The maximum absolute atomic E-state index is 12.8. The first-order chi connectivity index (χ1) is 9.99. The summed E-state index contributed by atoms with van der Waals surface area (Å²) in [6.45, 7) is 4.36. The Bertz CT molecular complexity index is 688. The maximum Gasteiger partial charge on any atom is 0.274 e. The zero-order valence-electron chi connectivity index (χ0n) is 12.5. The van der Waals surface area contributed by atoms with Crippen LogP contribution < -0.4 is 5.73 Å². The molecule has 112 valence electrons. The first-order valence-corrected chi connectivity index (χ1v) is 7.02. The van der Waals surface area contributed by atoms with Gasteiger partial charge in [-0.1, -0.05) is 5.16 Å². The van der Waals surface area contributed by atoms with Gasteiger partial charge in [0.25, 0.3) is 5.91 Å². The lowest BCUT2D eigenvalue weighted by atomic mass is 10.1. The Kier molecular flexibility index (Phi) is 3.19. The van der Waals surface area contributed by atoms with E-state index in [4.69, 9.17) is 10.3 Å². The second-order valence-electron chi connectivity index (χ2n) is 5.50.